The molecule has 5 heteroatoms. The number of halogens is 3. The molecule has 0 aliphatic carbocycles. The van der Waals surface area contributed by atoms with Crippen LogP contribution < -0.4 is 5.32 Å². The lowest BCUT2D eigenvalue weighted by atomic mass is 10.2. The van der Waals surface area contributed by atoms with Gasteiger partial charge in [-0.1, -0.05) is 13.8 Å². The first-order valence-corrected chi connectivity index (χ1v) is 5.92. The van der Waals surface area contributed by atoms with Crippen molar-refractivity contribution < 1.29 is 13.2 Å². The number of nitrogens with zero attached hydrogens (tertiary/aromatic N) is 1. The minimum absolute atomic E-state index is 0.0315. The van der Waals surface area contributed by atoms with Gasteiger partial charge in [-0.05, 0) is 39.4 Å². The molecule has 0 saturated heterocycles. The number of nitrogens with one attached hydrogen (secondary N) is 1. The molecule has 2 nitrogen and oxygen atoms in total. The molecule has 0 aromatic rings. The summed E-state index contributed by atoms with van der Waals surface area (Å²) in [5.41, 5.74) is 0. The number of hydrogen-bond acceptors (Lipinski definition) is 2. The molecule has 0 radical (unpaired) electrons. The van der Waals surface area contributed by atoms with Crippen molar-refractivity contribution in [3.05, 3.63) is 0 Å². The van der Waals surface area contributed by atoms with Gasteiger partial charge in [0, 0.05) is 6.04 Å². The fourth-order valence-electron chi connectivity index (χ4n) is 1.60. The van der Waals surface area contributed by atoms with Crippen LogP contribution in [-0.4, -0.2) is 43.3 Å². The van der Waals surface area contributed by atoms with E-state index in [1.807, 2.05) is 6.92 Å². The molecule has 0 amide bonds. The van der Waals surface area contributed by atoms with Crippen LogP contribution in [0.5, 0.6) is 0 Å². The third kappa shape index (κ3) is 7.93. The summed E-state index contributed by atoms with van der Waals surface area (Å²) in [4.78, 5) is 1.47. The first-order valence-electron chi connectivity index (χ1n) is 5.92. The van der Waals surface area contributed by atoms with E-state index >= 15 is 0 Å². The summed E-state index contributed by atoms with van der Waals surface area (Å²) in [5, 5.41) is 3.20. The Morgan fingerprint density at radius 1 is 1.19 bits per heavy atom. The zero-order valence-corrected chi connectivity index (χ0v) is 10.4. The summed E-state index contributed by atoms with van der Waals surface area (Å²) in [5.74, 6) is 0. The Morgan fingerprint density at radius 2 is 1.81 bits per heavy atom. The van der Waals surface area contributed by atoms with Crippen molar-refractivity contribution in [3.63, 3.8) is 0 Å². The molecule has 0 rings (SSSR count). The van der Waals surface area contributed by atoms with Gasteiger partial charge < -0.3 is 5.32 Å². The van der Waals surface area contributed by atoms with Crippen molar-refractivity contribution >= 4 is 0 Å². The summed E-state index contributed by atoms with van der Waals surface area (Å²) >= 11 is 0. The van der Waals surface area contributed by atoms with Gasteiger partial charge in [0.1, 0.15) is 0 Å². The van der Waals surface area contributed by atoms with Gasteiger partial charge in [-0.2, -0.15) is 13.2 Å². The van der Waals surface area contributed by atoms with Gasteiger partial charge in [-0.3, -0.25) is 4.90 Å². The molecule has 0 fully saturated rings. The molecular formula is C11H23F3N2. The highest BCUT2D eigenvalue weighted by Gasteiger charge is 2.31. The highest BCUT2D eigenvalue weighted by Crippen LogP contribution is 2.18. The fourth-order valence-corrected chi connectivity index (χ4v) is 1.60. The van der Waals surface area contributed by atoms with E-state index < -0.39 is 12.7 Å². The molecular weight excluding hydrogens is 217 g/mol. The zero-order chi connectivity index (χ0) is 12.6. The first-order chi connectivity index (χ1) is 7.40. The van der Waals surface area contributed by atoms with E-state index in [1.54, 1.807) is 6.92 Å². The SMILES string of the molecule is CCCNCCC(C)N(CC)CC(F)(F)F. The molecule has 0 aromatic carbocycles. The van der Waals surface area contributed by atoms with Gasteiger partial charge in [0.15, 0.2) is 0 Å². The molecule has 1 unspecified atom stereocenters. The fraction of sp³-hybridized carbons (Fsp3) is 1.00. The highest BCUT2D eigenvalue weighted by molar-refractivity contribution is 4.70. The number of alkyl halides is 3. The molecule has 16 heavy (non-hydrogen) atoms. The van der Waals surface area contributed by atoms with Crippen molar-refractivity contribution in [3.8, 4) is 0 Å². The topological polar surface area (TPSA) is 15.3 Å². The van der Waals surface area contributed by atoms with Crippen molar-refractivity contribution in [2.24, 2.45) is 0 Å². The Labute approximate surface area is 96.2 Å². The van der Waals surface area contributed by atoms with E-state index in [4.69, 9.17) is 0 Å². The van der Waals surface area contributed by atoms with E-state index in [0.717, 1.165) is 25.9 Å². The Balaban J connectivity index is 3.87. The van der Waals surface area contributed by atoms with Crippen LogP contribution in [0.2, 0.25) is 0 Å². The van der Waals surface area contributed by atoms with Crippen LogP contribution in [0.1, 0.15) is 33.6 Å². The second-order valence-corrected chi connectivity index (χ2v) is 4.07. The maximum absolute atomic E-state index is 12.2. The monoisotopic (exact) mass is 240 g/mol. The lowest BCUT2D eigenvalue weighted by Crippen LogP contribution is -2.41. The summed E-state index contributed by atoms with van der Waals surface area (Å²) in [6.45, 7) is 7.03. The van der Waals surface area contributed by atoms with Gasteiger partial charge in [0.2, 0.25) is 0 Å². The van der Waals surface area contributed by atoms with Crippen LogP contribution in [0, 0.1) is 0 Å². The molecule has 0 saturated carbocycles. The molecule has 0 aromatic heterocycles. The lowest BCUT2D eigenvalue weighted by molar-refractivity contribution is -0.149. The average molecular weight is 240 g/mol. The van der Waals surface area contributed by atoms with Gasteiger partial charge in [-0.25, -0.2) is 0 Å². The molecule has 1 atom stereocenters. The van der Waals surface area contributed by atoms with Crippen LogP contribution in [0.25, 0.3) is 0 Å². The van der Waals surface area contributed by atoms with Crippen LogP contribution in [0.3, 0.4) is 0 Å². The number of hydrogen-bond donors (Lipinski definition) is 1. The molecule has 0 bridgehead atoms. The molecule has 98 valence electrons. The van der Waals surface area contributed by atoms with Crippen molar-refractivity contribution in [1.29, 1.82) is 0 Å². The normalized spacial score (nSPS) is 14.4. The Morgan fingerprint density at radius 3 is 2.25 bits per heavy atom. The van der Waals surface area contributed by atoms with Gasteiger partial charge in [0.05, 0.1) is 6.54 Å². The lowest BCUT2D eigenvalue weighted by Gasteiger charge is -2.28. The minimum Gasteiger partial charge on any atom is -0.317 e. The van der Waals surface area contributed by atoms with Gasteiger partial charge in [-0.15, -0.1) is 0 Å². The predicted octanol–water partition coefficient (Wildman–Crippen LogP) is 2.65. The van der Waals surface area contributed by atoms with Crippen molar-refractivity contribution in [2.75, 3.05) is 26.2 Å². The van der Waals surface area contributed by atoms with E-state index in [1.165, 1.54) is 4.90 Å². The van der Waals surface area contributed by atoms with Crippen LogP contribution in [0.4, 0.5) is 13.2 Å². The minimum atomic E-state index is -4.10. The Bertz CT molecular complexity index is 171. The predicted molar refractivity (Wildman–Crippen MR) is 60.5 cm³/mol. The van der Waals surface area contributed by atoms with Gasteiger partial charge in [0.25, 0.3) is 0 Å². The Hall–Kier alpha value is -0.290. The second kappa shape index (κ2) is 7.90. The largest absolute Gasteiger partial charge is 0.401 e. The van der Waals surface area contributed by atoms with Crippen LogP contribution in [-0.2, 0) is 0 Å². The Kier molecular flexibility index (Phi) is 7.76. The molecule has 0 aliphatic rings. The highest BCUT2D eigenvalue weighted by atomic mass is 19.4. The average Bonchev–Trinajstić information content (AvgIpc) is 2.19. The van der Waals surface area contributed by atoms with Gasteiger partial charge >= 0.3 is 6.18 Å². The summed E-state index contributed by atoms with van der Waals surface area (Å²) in [7, 11) is 0. The van der Waals surface area contributed by atoms with E-state index in [0.29, 0.717) is 6.54 Å². The molecule has 0 aliphatic heterocycles. The zero-order valence-electron chi connectivity index (χ0n) is 10.4. The molecule has 1 N–H and O–H groups in total. The maximum Gasteiger partial charge on any atom is 0.401 e. The van der Waals surface area contributed by atoms with Crippen LogP contribution in [0.15, 0.2) is 0 Å². The summed E-state index contributed by atoms with van der Waals surface area (Å²) in [6, 6.07) is -0.0315. The third-order valence-electron chi connectivity index (χ3n) is 2.58. The smallest absolute Gasteiger partial charge is 0.317 e. The standard InChI is InChI=1S/C11H23F3N2/c1-4-7-15-8-6-10(3)16(5-2)9-11(12,13)14/h10,15H,4-9H2,1-3H3. The maximum atomic E-state index is 12.2. The number of rotatable bonds is 8. The van der Waals surface area contributed by atoms with Crippen molar-refractivity contribution in [2.45, 2.75) is 45.8 Å². The third-order valence-corrected chi connectivity index (χ3v) is 2.58. The first kappa shape index (κ1) is 15.7. The van der Waals surface area contributed by atoms with E-state index in [9.17, 15) is 13.2 Å². The summed E-state index contributed by atoms with van der Waals surface area (Å²) < 4.78 is 36.7. The van der Waals surface area contributed by atoms with Crippen molar-refractivity contribution in [1.82, 2.24) is 10.2 Å². The van der Waals surface area contributed by atoms with E-state index in [2.05, 4.69) is 12.2 Å². The summed E-state index contributed by atoms with van der Waals surface area (Å²) in [6.07, 6.45) is -2.29. The molecule has 0 heterocycles. The van der Waals surface area contributed by atoms with Crippen LogP contribution >= 0.6 is 0 Å². The second-order valence-electron chi connectivity index (χ2n) is 4.07. The van der Waals surface area contributed by atoms with E-state index in [-0.39, 0.29) is 6.04 Å². The quantitative estimate of drug-likeness (QED) is 0.656. The molecule has 0 spiro atoms.